The predicted octanol–water partition coefficient (Wildman–Crippen LogP) is 2.63. The molecule has 1 N–H and O–H groups in total. The van der Waals surface area contributed by atoms with Gasteiger partial charge in [-0.15, -0.1) is 5.10 Å². The molecule has 0 atom stereocenters. The highest BCUT2D eigenvalue weighted by Gasteiger charge is 2.18. The maximum atomic E-state index is 5.64. The van der Waals surface area contributed by atoms with E-state index in [1.807, 2.05) is 17.1 Å². The molecule has 20 heavy (non-hydrogen) atoms. The average Bonchev–Trinajstić information content (AvgIpc) is 3.18. The van der Waals surface area contributed by atoms with Gasteiger partial charge in [0.05, 0.1) is 6.20 Å². The van der Waals surface area contributed by atoms with Crippen LogP contribution in [0.5, 0.6) is 0 Å². The van der Waals surface area contributed by atoms with Gasteiger partial charge < -0.3 is 9.73 Å². The molecule has 0 spiro atoms. The van der Waals surface area contributed by atoms with Crippen molar-refractivity contribution in [1.82, 2.24) is 20.0 Å². The quantitative estimate of drug-likeness (QED) is 0.877. The van der Waals surface area contributed by atoms with Crippen molar-refractivity contribution in [2.75, 3.05) is 5.32 Å². The van der Waals surface area contributed by atoms with Crippen LogP contribution in [-0.4, -0.2) is 20.0 Å². The standard InChI is InChI=1S/C14H21N5O/c1-2-19-10-12(9-16-19)8-15-14-18-17-13(20-14)7-11-5-3-4-6-11/h9-11H,2-8H2,1H3,(H,15,18). The molecule has 0 amide bonds. The van der Waals surface area contributed by atoms with Gasteiger partial charge in [0.2, 0.25) is 5.89 Å². The molecule has 2 aromatic rings. The fourth-order valence-corrected chi connectivity index (χ4v) is 2.72. The molecule has 0 unspecified atom stereocenters. The molecule has 1 saturated carbocycles. The van der Waals surface area contributed by atoms with Gasteiger partial charge in [-0.3, -0.25) is 4.68 Å². The summed E-state index contributed by atoms with van der Waals surface area (Å²) in [4.78, 5) is 0. The van der Waals surface area contributed by atoms with Crippen molar-refractivity contribution < 1.29 is 4.42 Å². The second-order valence-electron chi connectivity index (χ2n) is 5.41. The molecule has 6 heteroatoms. The minimum Gasteiger partial charge on any atom is -0.408 e. The molecule has 0 radical (unpaired) electrons. The summed E-state index contributed by atoms with van der Waals surface area (Å²) >= 11 is 0. The summed E-state index contributed by atoms with van der Waals surface area (Å²) in [6.07, 6.45) is 10.1. The highest BCUT2D eigenvalue weighted by molar-refractivity contribution is 5.20. The predicted molar refractivity (Wildman–Crippen MR) is 75.2 cm³/mol. The minimum absolute atomic E-state index is 0.502. The molecule has 2 heterocycles. The Morgan fingerprint density at radius 1 is 1.35 bits per heavy atom. The molecule has 0 bridgehead atoms. The number of nitrogens with one attached hydrogen (secondary N) is 1. The summed E-state index contributed by atoms with van der Waals surface area (Å²) in [5, 5.41) is 15.5. The molecule has 108 valence electrons. The fraction of sp³-hybridized carbons (Fsp3) is 0.643. The Balaban J connectivity index is 1.51. The second-order valence-corrected chi connectivity index (χ2v) is 5.41. The van der Waals surface area contributed by atoms with Crippen LogP contribution in [0.25, 0.3) is 0 Å². The van der Waals surface area contributed by atoms with Gasteiger partial charge in [-0.25, -0.2) is 0 Å². The maximum absolute atomic E-state index is 5.64. The first-order chi connectivity index (χ1) is 9.83. The van der Waals surface area contributed by atoms with Crippen molar-refractivity contribution >= 4 is 6.01 Å². The molecule has 1 aliphatic carbocycles. The maximum Gasteiger partial charge on any atom is 0.315 e. The summed E-state index contributed by atoms with van der Waals surface area (Å²) in [6, 6.07) is 0.502. The lowest BCUT2D eigenvalue weighted by atomic mass is 10.0. The summed E-state index contributed by atoms with van der Waals surface area (Å²) in [5.41, 5.74) is 1.11. The van der Waals surface area contributed by atoms with E-state index in [1.54, 1.807) is 0 Å². The van der Waals surface area contributed by atoms with Crippen LogP contribution in [0.4, 0.5) is 6.01 Å². The summed E-state index contributed by atoms with van der Waals surface area (Å²) in [7, 11) is 0. The van der Waals surface area contributed by atoms with Gasteiger partial charge in [0.1, 0.15) is 0 Å². The third-order valence-electron chi connectivity index (χ3n) is 3.86. The van der Waals surface area contributed by atoms with Gasteiger partial charge in [-0.1, -0.05) is 17.9 Å². The molecule has 3 rings (SSSR count). The van der Waals surface area contributed by atoms with E-state index in [-0.39, 0.29) is 0 Å². The molecule has 0 aliphatic heterocycles. The van der Waals surface area contributed by atoms with E-state index in [2.05, 4.69) is 27.5 Å². The lowest BCUT2D eigenvalue weighted by Crippen LogP contribution is -1.99. The summed E-state index contributed by atoms with van der Waals surface area (Å²) in [6.45, 7) is 3.61. The number of hydrogen-bond acceptors (Lipinski definition) is 5. The van der Waals surface area contributed by atoms with E-state index < -0.39 is 0 Å². The van der Waals surface area contributed by atoms with E-state index in [0.717, 1.165) is 30.3 Å². The first-order valence-electron chi connectivity index (χ1n) is 7.41. The molecule has 0 saturated heterocycles. The van der Waals surface area contributed by atoms with Crippen molar-refractivity contribution in [2.24, 2.45) is 5.92 Å². The third kappa shape index (κ3) is 3.18. The highest BCUT2D eigenvalue weighted by Crippen LogP contribution is 2.27. The van der Waals surface area contributed by atoms with Crippen molar-refractivity contribution in [3.63, 3.8) is 0 Å². The summed E-state index contributed by atoms with van der Waals surface area (Å²) in [5.74, 6) is 1.48. The molecule has 0 aromatic carbocycles. The number of aromatic nitrogens is 4. The number of aryl methyl sites for hydroxylation is 1. The minimum atomic E-state index is 0.502. The Bertz CT molecular complexity index is 541. The monoisotopic (exact) mass is 275 g/mol. The smallest absolute Gasteiger partial charge is 0.315 e. The second kappa shape index (κ2) is 6.07. The Hall–Kier alpha value is -1.85. The van der Waals surface area contributed by atoms with Gasteiger partial charge in [0.15, 0.2) is 0 Å². The molecule has 1 aliphatic rings. The zero-order chi connectivity index (χ0) is 13.8. The van der Waals surface area contributed by atoms with Crippen LogP contribution in [0.3, 0.4) is 0 Å². The Morgan fingerprint density at radius 2 is 2.20 bits per heavy atom. The van der Waals surface area contributed by atoms with E-state index in [4.69, 9.17) is 4.42 Å². The normalized spacial score (nSPS) is 15.8. The number of rotatable bonds is 6. The Labute approximate surface area is 118 Å². The van der Waals surface area contributed by atoms with Crippen LogP contribution in [0.2, 0.25) is 0 Å². The first-order valence-corrected chi connectivity index (χ1v) is 7.41. The van der Waals surface area contributed by atoms with E-state index in [0.29, 0.717) is 12.6 Å². The lowest BCUT2D eigenvalue weighted by Gasteiger charge is -2.03. The zero-order valence-corrected chi connectivity index (χ0v) is 11.9. The fourth-order valence-electron chi connectivity index (χ4n) is 2.72. The van der Waals surface area contributed by atoms with E-state index in [1.165, 1.54) is 25.7 Å². The summed E-state index contributed by atoms with van der Waals surface area (Å²) < 4.78 is 7.54. The molecular formula is C14H21N5O. The molecule has 1 fully saturated rings. The Kier molecular flexibility index (Phi) is 3.99. The molecule has 2 aromatic heterocycles. The van der Waals surface area contributed by atoms with Gasteiger partial charge in [-0.2, -0.15) is 5.10 Å². The first kappa shape index (κ1) is 13.1. The molecule has 6 nitrogen and oxygen atoms in total. The largest absolute Gasteiger partial charge is 0.408 e. The van der Waals surface area contributed by atoms with Gasteiger partial charge in [-0.05, 0) is 25.7 Å². The van der Waals surface area contributed by atoms with Crippen LogP contribution in [0.15, 0.2) is 16.8 Å². The Morgan fingerprint density at radius 3 is 2.95 bits per heavy atom. The van der Waals surface area contributed by atoms with Crippen molar-refractivity contribution in [2.45, 2.75) is 52.1 Å². The van der Waals surface area contributed by atoms with Crippen molar-refractivity contribution in [3.05, 3.63) is 23.8 Å². The SMILES string of the molecule is CCn1cc(CNc2nnc(CC3CCCC3)o2)cn1. The molecular weight excluding hydrogens is 254 g/mol. The highest BCUT2D eigenvalue weighted by atomic mass is 16.4. The van der Waals surface area contributed by atoms with Crippen LogP contribution >= 0.6 is 0 Å². The van der Waals surface area contributed by atoms with E-state index >= 15 is 0 Å². The lowest BCUT2D eigenvalue weighted by molar-refractivity contribution is 0.437. The van der Waals surface area contributed by atoms with Gasteiger partial charge >= 0.3 is 6.01 Å². The van der Waals surface area contributed by atoms with Crippen molar-refractivity contribution in [3.8, 4) is 0 Å². The van der Waals surface area contributed by atoms with Crippen LogP contribution in [0, 0.1) is 5.92 Å². The van der Waals surface area contributed by atoms with E-state index in [9.17, 15) is 0 Å². The number of nitrogens with zero attached hydrogens (tertiary/aromatic N) is 4. The van der Waals surface area contributed by atoms with Crippen LogP contribution in [-0.2, 0) is 19.5 Å². The topological polar surface area (TPSA) is 68.8 Å². The van der Waals surface area contributed by atoms with Crippen LogP contribution < -0.4 is 5.32 Å². The number of anilines is 1. The van der Waals surface area contributed by atoms with Crippen LogP contribution in [0.1, 0.15) is 44.1 Å². The zero-order valence-electron chi connectivity index (χ0n) is 11.9. The number of hydrogen-bond donors (Lipinski definition) is 1. The van der Waals surface area contributed by atoms with Crippen molar-refractivity contribution in [1.29, 1.82) is 0 Å². The third-order valence-corrected chi connectivity index (χ3v) is 3.86. The average molecular weight is 275 g/mol. The van der Waals surface area contributed by atoms with Gasteiger partial charge in [0, 0.05) is 31.3 Å². The van der Waals surface area contributed by atoms with Gasteiger partial charge in [0.25, 0.3) is 0 Å².